The number of ether oxygens (including phenoxy) is 1. The number of rotatable bonds is 3. The molecule has 0 spiro atoms. The Morgan fingerprint density at radius 3 is 2.48 bits per heavy atom. The van der Waals surface area contributed by atoms with Crippen LogP contribution in [-0.4, -0.2) is 21.1 Å². The van der Waals surface area contributed by atoms with E-state index in [0.29, 0.717) is 16.6 Å². The van der Waals surface area contributed by atoms with E-state index in [0.717, 1.165) is 3.57 Å². The lowest BCUT2D eigenvalue weighted by Crippen LogP contribution is -2.34. The summed E-state index contributed by atoms with van der Waals surface area (Å²) in [5.74, 6) is -0.458. The molecule has 25 heavy (non-hydrogen) atoms. The van der Waals surface area contributed by atoms with Crippen LogP contribution in [-0.2, 0) is 9.53 Å². The molecule has 0 saturated carbocycles. The van der Waals surface area contributed by atoms with Crippen LogP contribution in [0.1, 0.15) is 32.4 Å². The Morgan fingerprint density at radius 1 is 1.16 bits per heavy atom. The van der Waals surface area contributed by atoms with Crippen LogP contribution in [0, 0.1) is 3.57 Å². The van der Waals surface area contributed by atoms with E-state index in [2.05, 4.69) is 27.6 Å². The van der Waals surface area contributed by atoms with Gasteiger partial charge in [-0.1, -0.05) is 30.3 Å². The number of halogens is 1. The van der Waals surface area contributed by atoms with Crippen molar-refractivity contribution >= 4 is 39.6 Å². The Bertz CT molecular complexity index is 968. The number of imidazole rings is 1. The largest absolute Gasteiger partial charge is 0.458 e. The van der Waals surface area contributed by atoms with Gasteiger partial charge in [-0.25, -0.2) is 9.59 Å². The molecule has 3 aromatic rings. The first kappa shape index (κ1) is 17.7. The minimum Gasteiger partial charge on any atom is -0.458 e. The average Bonchev–Trinajstić information content (AvgIpc) is 2.83. The Kier molecular flexibility index (Phi) is 4.73. The predicted octanol–water partition coefficient (Wildman–Crippen LogP) is 3.87. The van der Waals surface area contributed by atoms with E-state index in [1.54, 1.807) is 0 Å². The van der Waals surface area contributed by atoms with Gasteiger partial charge in [0.05, 0.1) is 11.0 Å². The van der Waals surface area contributed by atoms with Gasteiger partial charge in [0.2, 0.25) is 0 Å². The van der Waals surface area contributed by atoms with Crippen LogP contribution in [0.25, 0.3) is 11.0 Å². The summed E-state index contributed by atoms with van der Waals surface area (Å²) in [6.07, 6.45) is 0. The average molecular weight is 450 g/mol. The predicted molar refractivity (Wildman–Crippen MR) is 106 cm³/mol. The summed E-state index contributed by atoms with van der Waals surface area (Å²) in [6.45, 7) is 5.44. The molecule has 6 heteroatoms. The van der Waals surface area contributed by atoms with Crippen LogP contribution in [0.15, 0.2) is 53.3 Å². The number of fused-ring (bicyclic) bond motifs is 1. The fourth-order valence-electron chi connectivity index (χ4n) is 2.73. The molecular formula is C19H19IN2O3. The molecule has 0 aliphatic carbocycles. The lowest BCUT2D eigenvalue weighted by atomic mass is 10.1. The monoisotopic (exact) mass is 450 g/mol. The fourth-order valence-corrected chi connectivity index (χ4v) is 3.21. The van der Waals surface area contributed by atoms with Crippen molar-refractivity contribution in [3.05, 3.63) is 68.1 Å². The van der Waals surface area contributed by atoms with Crippen molar-refractivity contribution < 1.29 is 9.53 Å². The number of aromatic nitrogens is 2. The van der Waals surface area contributed by atoms with Crippen LogP contribution in [0.5, 0.6) is 0 Å². The maximum absolute atomic E-state index is 12.9. The molecule has 130 valence electrons. The number of hydrogen-bond donors (Lipinski definition) is 1. The minimum absolute atomic E-state index is 0.336. The molecule has 0 saturated heterocycles. The molecule has 1 aromatic heterocycles. The van der Waals surface area contributed by atoms with Crippen molar-refractivity contribution in [3.8, 4) is 0 Å². The highest BCUT2D eigenvalue weighted by Gasteiger charge is 2.30. The van der Waals surface area contributed by atoms with Crippen LogP contribution in [0.3, 0.4) is 0 Å². The zero-order valence-electron chi connectivity index (χ0n) is 14.2. The summed E-state index contributed by atoms with van der Waals surface area (Å²) < 4.78 is 8.05. The number of carbonyl (C=O) groups is 1. The Labute approximate surface area is 159 Å². The van der Waals surface area contributed by atoms with E-state index in [1.807, 2.05) is 69.3 Å². The van der Waals surface area contributed by atoms with Crippen LogP contribution in [0.2, 0.25) is 0 Å². The number of esters is 1. The number of hydrogen-bond acceptors (Lipinski definition) is 3. The molecule has 1 unspecified atom stereocenters. The number of aromatic amines is 1. The van der Waals surface area contributed by atoms with E-state index in [4.69, 9.17) is 4.74 Å². The third-order valence-electron chi connectivity index (χ3n) is 3.68. The standard InChI is InChI=1S/C19H19IN2O3/c1-19(2,3)25-17(23)16(12-7-5-4-6-8-12)22-15-11-13(20)9-10-14(15)21-18(22)24/h4-11,16H,1-3H3,(H,21,24). The van der Waals surface area contributed by atoms with Gasteiger partial charge in [0.25, 0.3) is 0 Å². The minimum atomic E-state index is -0.847. The lowest BCUT2D eigenvalue weighted by Gasteiger charge is -2.25. The molecule has 0 aliphatic rings. The zero-order valence-corrected chi connectivity index (χ0v) is 16.4. The van der Waals surface area contributed by atoms with E-state index in [1.165, 1.54) is 4.57 Å². The second kappa shape index (κ2) is 6.67. The molecule has 0 fully saturated rings. The molecule has 1 heterocycles. The van der Waals surface area contributed by atoms with Gasteiger partial charge in [0, 0.05) is 3.57 Å². The summed E-state index contributed by atoms with van der Waals surface area (Å²) in [5, 5.41) is 0. The topological polar surface area (TPSA) is 64.1 Å². The first-order chi connectivity index (χ1) is 11.8. The van der Waals surface area contributed by atoms with Gasteiger partial charge in [-0.3, -0.25) is 4.57 Å². The highest BCUT2D eigenvalue weighted by Crippen LogP contribution is 2.26. The summed E-state index contributed by atoms with van der Waals surface area (Å²) in [6, 6.07) is 14.0. The van der Waals surface area contributed by atoms with Gasteiger partial charge < -0.3 is 9.72 Å². The highest BCUT2D eigenvalue weighted by molar-refractivity contribution is 14.1. The number of nitrogens with zero attached hydrogens (tertiary/aromatic N) is 1. The van der Waals surface area contributed by atoms with Crippen LogP contribution < -0.4 is 5.69 Å². The van der Waals surface area contributed by atoms with E-state index >= 15 is 0 Å². The zero-order chi connectivity index (χ0) is 18.2. The summed E-state index contributed by atoms with van der Waals surface area (Å²) in [5.41, 5.74) is 1.09. The molecule has 0 bridgehead atoms. The van der Waals surface area contributed by atoms with Gasteiger partial charge in [-0.2, -0.15) is 0 Å². The SMILES string of the molecule is CC(C)(C)OC(=O)C(c1ccccc1)n1c(=O)[nH]c2ccc(I)cc21. The fraction of sp³-hybridized carbons (Fsp3) is 0.263. The quantitative estimate of drug-likeness (QED) is 0.487. The van der Waals surface area contributed by atoms with Crippen LogP contribution in [0.4, 0.5) is 0 Å². The normalized spacial score (nSPS) is 13.0. The van der Waals surface area contributed by atoms with E-state index < -0.39 is 17.6 Å². The molecule has 1 N–H and O–H groups in total. The molecule has 2 aromatic carbocycles. The van der Waals surface area contributed by atoms with Crippen molar-refractivity contribution in [2.24, 2.45) is 0 Å². The number of carbonyl (C=O) groups excluding carboxylic acids is 1. The molecule has 3 rings (SSSR count). The van der Waals surface area contributed by atoms with Gasteiger partial charge in [-0.15, -0.1) is 0 Å². The van der Waals surface area contributed by atoms with E-state index in [-0.39, 0.29) is 5.69 Å². The molecular weight excluding hydrogens is 431 g/mol. The Balaban J connectivity index is 2.22. The van der Waals surface area contributed by atoms with Crippen molar-refractivity contribution in [1.29, 1.82) is 0 Å². The smallest absolute Gasteiger partial charge is 0.334 e. The molecule has 0 radical (unpaired) electrons. The van der Waals surface area contributed by atoms with Gasteiger partial charge in [-0.05, 0) is 67.1 Å². The summed E-state index contributed by atoms with van der Waals surface area (Å²) >= 11 is 2.19. The van der Waals surface area contributed by atoms with Crippen molar-refractivity contribution in [2.45, 2.75) is 32.4 Å². The first-order valence-electron chi connectivity index (χ1n) is 7.94. The third kappa shape index (κ3) is 3.78. The maximum Gasteiger partial charge on any atom is 0.334 e. The van der Waals surface area contributed by atoms with E-state index in [9.17, 15) is 9.59 Å². The molecule has 5 nitrogen and oxygen atoms in total. The Morgan fingerprint density at radius 2 is 1.84 bits per heavy atom. The molecule has 0 amide bonds. The summed E-state index contributed by atoms with van der Waals surface area (Å²) in [4.78, 5) is 28.4. The number of benzene rings is 2. The second-order valence-corrected chi connectivity index (χ2v) is 8.05. The molecule has 0 aliphatic heterocycles. The van der Waals surface area contributed by atoms with Crippen LogP contribution >= 0.6 is 22.6 Å². The van der Waals surface area contributed by atoms with Crippen molar-refractivity contribution in [3.63, 3.8) is 0 Å². The summed E-state index contributed by atoms with van der Waals surface area (Å²) in [7, 11) is 0. The first-order valence-corrected chi connectivity index (χ1v) is 9.02. The van der Waals surface area contributed by atoms with Gasteiger partial charge >= 0.3 is 11.7 Å². The molecule has 1 atom stereocenters. The van der Waals surface area contributed by atoms with Crippen molar-refractivity contribution in [1.82, 2.24) is 9.55 Å². The number of nitrogens with one attached hydrogen (secondary N) is 1. The highest BCUT2D eigenvalue weighted by atomic mass is 127. The second-order valence-electron chi connectivity index (χ2n) is 6.81. The van der Waals surface area contributed by atoms with Crippen molar-refractivity contribution in [2.75, 3.05) is 0 Å². The Hall–Kier alpha value is -2.09. The maximum atomic E-state index is 12.9. The van der Waals surface area contributed by atoms with Gasteiger partial charge in [0.15, 0.2) is 6.04 Å². The lowest BCUT2D eigenvalue weighted by molar-refractivity contribution is -0.157. The number of H-pyrrole nitrogens is 1. The van der Waals surface area contributed by atoms with Gasteiger partial charge in [0.1, 0.15) is 5.60 Å². The third-order valence-corrected chi connectivity index (χ3v) is 4.35.